The molecule has 0 atom stereocenters. The molecule has 9 nitrogen and oxygen atoms in total. The van der Waals surface area contributed by atoms with Crippen molar-refractivity contribution >= 4 is 40.3 Å². The third-order valence-electron chi connectivity index (χ3n) is 4.28. The molecule has 34 heavy (non-hydrogen) atoms. The zero-order valence-electron chi connectivity index (χ0n) is 18.9. The number of nitrogens with zero attached hydrogens (tertiary/aromatic N) is 1. The minimum absolute atomic E-state index is 0.312. The van der Waals surface area contributed by atoms with E-state index in [0.29, 0.717) is 36.9 Å². The summed E-state index contributed by atoms with van der Waals surface area (Å²) in [5.74, 6) is -2.51. The lowest BCUT2D eigenvalue weighted by Gasteiger charge is -2.10. The zero-order chi connectivity index (χ0) is 25.1. The fourth-order valence-electron chi connectivity index (χ4n) is 2.97. The smallest absolute Gasteiger partial charge is 0.411 e. The number of benzene rings is 1. The number of carboxylic acids is 2. The molecule has 0 spiro atoms. The number of hydrogen-bond acceptors (Lipinski definition) is 6. The fraction of sp³-hybridized carbons (Fsp3) is 0.200. The number of amides is 1. The van der Waals surface area contributed by atoms with Gasteiger partial charge in [0.1, 0.15) is 0 Å². The van der Waals surface area contributed by atoms with Crippen molar-refractivity contribution in [1.29, 1.82) is 0 Å². The second-order valence-electron chi connectivity index (χ2n) is 7.39. The summed E-state index contributed by atoms with van der Waals surface area (Å²) in [5.41, 5.74) is 4.45. The first kappa shape index (κ1) is 25.9. The van der Waals surface area contributed by atoms with Crippen molar-refractivity contribution < 1.29 is 29.3 Å². The molecule has 0 unspecified atom stereocenters. The van der Waals surface area contributed by atoms with Gasteiger partial charge >= 0.3 is 18.0 Å². The molecule has 0 saturated heterocycles. The highest BCUT2D eigenvalue weighted by Crippen LogP contribution is 2.35. The van der Waals surface area contributed by atoms with E-state index in [2.05, 4.69) is 37.1 Å². The first-order valence-corrected chi connectivity index (χ1v) is 10.5. The number of hydrogen-bond donors (Lipinski definition) is 4. The van der Waals surface area contributed by atoms with Crippen LogP contribution in [0.25, 0.3) is 22.2 Å². The second-order valence-corrected chi connectivity index (χ2v) is 7.39. The average molecular weight is 466 g/mol. The summed E-state index contributed by atoms with van der Waals surface area (Å²) >= 11 is 0. The van der Waals surface area contributed by atoms with Gasteiger partial charge in [-0.2, -0.15) is 0 Å². The van der Waals surface area contributed by atoms with Crippen LogP contribution in [-0.2, 0) is 14.3 Å². The van der Waals surface area contributed by atoms with Gasteiger partial charge < -0.3 is 20.3 Å². The number of anilines is 2. The Labute approximate surface area is 197 Å². The van der Waals surface area contributed by atoms with Crippen LogP contribution in [-0.4, -0.2) is 45.9 Å². The van der Waals surface area contributed by atoms with Gasteiger partial charge in [0.15, 0.2) is 0 Å². The van der Waals surface area contributed by atoms with Gasteiger partial charge in [0.2, 0.25) is 0 Å². The summed E-state index contributed by atoms with van der Waals surface area (Å²) in [6.07, 6.45) is 2.97. The predicted molar refractivity (Wildman–Crippen MR) is 131 cm³/mol. The van der Waals surface area contributed by atoms with Crippen molar-refractivity contribution in [1.82, 2.24) is 4.98 Å². The fourth-order valence-corrected chi connectivity index (χ4v) is 2.97. The number of ether oxygens (including phenoxy) is 1. The highest BCUT2D eigenvalue weighted by atomic mass is 16.5. The standard InChI is InChI=1S/C21H23N3O2.C4H4O4/c1-4-5-12-26-21(25)23-15-8-6-9-16-17-10-7-11-18(22-14(2)3)20(17)24-19(16)13-15;5-3(6)1-2-4(7)8/h4,6-11,13-14,22H,1,5,12H2,2-3H3,(H,23,25);1-2H,(H,5,6)(H,7,8)/b;2-1-. The zero-order valence-corrected chi connectivity index (χ0v) is 18.9. The van der Waals surface area contributed by atoms with Crippen LogP contribution < -0.4 is 10.6 Å². The molecule has 1 aliphatic heterocycles. The van der Waals surface area contributed by atoms with Crippen LogP contribution in [0.5, 0.6) is 0 Å². The van der Waals surface area contributed by atoms with E-state index in [4.69, 9.17) is 19.9 Å². The van der Waals surface area contributed by atoms with Gasteiger partial charge in [0, 0.05) is 34.8 Å². The molecule has 1 aliphatic carbocycles. The largest absolute Gasteiger partial charge is 0.478 e. The average Bonchev–Trinajstić information content (AvgIpc) is 2.98. The van der Waals surface area contributed by atoms with E-state index >= 15 is 0 Å². The lowest BCUT2D eigenvalue weighted by atomic mass is 10.1. The van der Waals surface area contributed by atoms with Crippen molar-refractivity contribution in [2.24, 2.45) is 0 Å². The van der Waals surface area contributed by atoms with Gasteiger partial charge in [-0.15, -0.1) is 6.58 Å². The van der Waals surface area contributed by atoms with E-state index in [0.717, 1.165) is 27.8 Å². The van der Waals surface area contributed by atoms with Crippen molar-refractivity contribution in [3.63, 3.8) is 0 Å². The quantitative estimate of drug-likeness (QED) is 0.207. The van der Waals surface area contributed by atoms with E-state index in [1.807, 2.05) is 36.4 Å². The number of nitrogens with one attached hydrogen (secondary N) is 2. The van der Waals surface area contributed by atoms with Gasteiger partial charge in [-0.05, 0) is 38.5 Å². The minimum atomic E-state index is -1.26. The summed E-state index contributed by atoms with van der Waals surface area (Å²) < 4.78 is 5.10. The van der Waals surface area contributed by atoms with E-state index in [1.54, 1.807) is 6.08 Å². The van der Waals surface area contributed by atoms with Crippen LogP contribution in [0.4, 0.5) is 16.2 Å². The van der Waals surface area contributed by atoms with Gasteiger partial charge in [-0.3, -0.25) is 5.32 Å². The Morgan fingerprint density at radius 3 is 2.38 bits per heavy atom. The van der Waals surface area contributed by atoms with Crippen LogP contribution in [0.3, 0.4) is 0 Å². The molecule has 0 aromatic heterocycles. The number of aliphatic carboxylic acids is 2. The molecular weight excluding hydrogens is 438 g/mol. The molecule has 9 heteroatoms. The Morgan fingerprint density at radius 2 is 1.76 bits per heavy atom. The molecule has 1 aromatic carbocycles. The Kier molecular flexibility index (Phi) is 9.57. The lowest BCUT2D eigenvalue weighted by molar-refractivity contribution is -0.134. The second kappa shape index (κ2) is 12.6. The van der Waals surface area contributed by atoms with Crippen LogP contribution >= 0.6 is 0 Å². The highest BCUT2D eigenvalue weighted by molar-refractivity contribution is 6.03. The highest BCUT2D eigenvalue weighted by Gasteiger charge is 2.15. The molecule has 2 aliphatic rings. The monoisotopic (exact) mass is 465 g/mol. The van der Waals surface area contributed by atoms with Gasteiger partial charge in [-0.1, -0.05) is 30.3 Å². The first-order valence-electron chi connectivity index (χ1n) is 10.5. The molecule has 178 valence electrons. The Hall–Kier alpha value is -4.40. The van der Waals surface area contributed by atoms with E-state index in [9.17, 15) is 14.4 Å². The van der Waals surface area contributed by atoms with Crippen LogP contribution in [0.1, 0.15) is 20.3 Å². The van der Waals surface area contributed by atoms with Crippen LogP contribution in [0.15, 0.2) is 67.3 Å². The van der Waals surface area contributed by atoms with Gasteiger partial charge in [-0.25, -0.2) is 19.4 Å². The van der Waals surface area contributed by atoms with Crippen molar-refractivity contribution in [2.75, 3.05) is 17.2 Å². The van der Waals surface area contributed by atoms with E-state index < -0.39 is 18.0 Å². The SMILES string of the molecule is C=CCCOC(=O)Nc1cccc2c3cccc(NC(C)C)c3nc-2c1.O=C(O)/C=C\C(=O)O. The normalized spacial score (nSPS) is 10.6. The minimum Gasteiger partial charge on any atom is -0.478 e. The third-order valence-corrected chi connectivity index (χ3v) is 4.28. The molecule has 4 N–H and O–H groups in total. The van der Waals surface area contributed by atoms with E-state index in [-0.39, 0.29) is 0 Å². The number of carbonyl (C=O) groups is 3. The first-order chi connectivity index (χ1) is 16.2. The number of carboxylic acid groups (broad SMARTS) is 2. The van der Waals surface area contributed by atoms with Gasteiger partial charge in [0.25, 0.3) is 0 Å². The number of fused-ring (bicyclic) bond motifs is 3. The molecule has 3 rings (SSSR count). The number of aromatic nitrogens is 1. The summed E-state index contributed by atoms with van der Waals surface area (Å²) in [6.45, 7) is 8.11. The maximum atomic E-state index is 11.9. The number of rotatable bonds is 8. The Morgan fingerprint density at radius 1 is 1.09 bits per heavy atom. The summed E-state index contributed by atoms with van der Waals surface area (Å²) in [6, 6.07) is 14.1. The molecule has 0 radical (unpaired) electrons. The molecule has 1 amide bonds. The Bertz CT molecular complexity index is 1160. The lowest BCUT2D eigenvalue weighted by Crippen LogP contribution is -2.13. The van der Waals surface area contributed by atoms with Crippen LogP contribution in [0, 0.1) is 0 Å². The van der Waals surface area contributed by atoms with Crippen molar-refractivity contribution in [2.45, 2.75) is 26.3 Å². The molecule has 0 saturated carbocycles. The van der Waals surface area contributed by atoms with Crippen LogP contribution in [0.2, 0.25) is 0 Å². The van der Waals surface area contributed by atoms with Crippen molar-refractivity contribution in [3.8, 4) is 11.3 Å². The number of carbonyl (C=O) groups excluding carboxylic acids is 1. The maximum absolute atomic E-state index is 11.9. The third kappa shape index (κ3) is 7.94. The number of para-hydroxylation sites is 1. The summed E-state index contributed by atoms with van der Waals surface area (Å²) in [4.78, 5) is 35.8. The summed E-state index contributed by atoms with van der Waals surface area (Å²) in [5, 5.41) is 22.9. The molecule has 1 heterocycles. The van der Waals surface area contributed by atoms with E-state index in [1.165, 1.54) is 0 Å². The van der Waals surface area contributed by atoms with Crippen molar-refractivity contribution in [3.05, 3.63) is 67.3 Å². The molecular formula is C25H27N3O6. The van der Waals surface area contributed by atoms with Gasteiger partial charge in [0.05, 0.1) is 23.5 Å². The maximum Gasteiger partial charge on any atom is 0.411 e. The molecule has 0 bridgehead atoms. The summed E-state index contributed by atoms with van der Waals surface area (Å²) in [7, 11) is 0. The topological polar surface area (TPSA) is 138 Å². The predicted octanol–water partition coefficient (Wildman–Crippen LogP) is 5.00. The molecule has 0 fully saturated rings. The Balaban J connectivity index is 0.000000440. The molecule has 1 aromatic rings.